The first-order valence-electron chi connectivity index (χ1n) is 14.8. The molecule has 240 valence electrons. The minimum atomic E-state index is -4.14. The van der Waals surface area contributed by atoms with Gasteiger partial charge in [0.2, 0.25) is 10.0 Å². The van der Waals surface area contributed by atoms with Crippen molar-refractivity contribution in [3.05, 3.63) is 71.8 Å². The van der Waals surface area contributed by atoms with Crippen LogP contribution in [0.5, 0.6) is 5.75 Å². The molecule has 0 fully saturated rings. The molecule has 0 amide bonds. The van der Waals surface area contributed by atoms with Crippen LogP contribution in [0.25, 0.3) is 0 Å². The van der Waals surface area contributed by atoms with Gasteiger partial charge in [0, 0.05) is 6.54 Å². The van der Waals surface area contributed by atoms with Gasteiger partial charge in [0.15, 0.2) is 5.41 Å². The molecular formula is C33H43NO9S. The number of nitrogens with zero attached hydrogens (tertiary/aromatic N) is 1. The van der Waals surface area contributed by atoms with E-state index in [1.807, 2.05) is 19.1 Å². The van der Waals surface area contributed by atoms with Crippen molar-refractivity contribution in [1.82, 2.24) is 4.31 Å². The third kappa shape index (κ3) is 8.69. The van der Waals surface area contributed by atoms with Gasteiger partial charge in [-0.25, -0.2) is 8.42 Å². The quantitative estimate of drug-likeness (QED) is 0.199. The Kier molecular flexibility index (Phi) is 13.0. The van der Waals surface area contributed by atoms with Crippen molar-refractivity contribution in [2.45, 2.75) is 69.2 Å². The van der Waals surface area contributed by atoms with Crippen molar-refractivity contribution in [3.63, 3.8) is 0 Å². The first kappa shape index (κ1) is 34.8. The lowest BCUT2D eigenvalue weighted by Crippen LogP contribution is -2.47. The van der Waals surface area contributed by atoms with Crippen LogP contribution < -0.4 is 4.74 Å². The van der Waals surface area contributed by atoms with Gasteiger partial charge in [0.25, 0.3) is 0 Å². The third-order valence-corrected chi connectivity index (χ3v) is 9.79. The first-order chi connectivity index (χ1) is 21.1. The molecule has 2 aromatic carbocycles. The summed E-state index contributed by atoms with van der Waals surface area (Å²) in [7, 11) is -0.441. The van der Waals surface area contributed by atoms with Gasteiger partial charge in [-0.05, 0) is 68.9 Å². The van der Waals surface area contributed by atoms with Gasteiger partial charge >= 0.3 is 17.9 Å². The zero-order chi connectivity index (χ0) is 32.2. The van der Waals surface area contributed by atoms with Crippen LogP contribution in [0.15, 0.2) is 65.6 Å². The SMILES string of the molecule is COC(=O)[C@@H]1Cc2ccc(cc2)OCCCCCCC(C(=O)OC)(C(=O)OC)C/C=C\CCN1S(=O)(=O)c1ccc(C)cc1. The zero-order valence-corrected chi connectivity index (χ0v) is 26.8. The highest BCUT2D eigenvalue weighted by molar-refractivity contribution is 7.89. The van der Waals surface area contributed by atoms with E-state index in [9.17, 15) is 22.8 Å². The number of rotatable bonds is 5. The van der Waals surface area contributed by atoms with Gasteiger partial charge in [-0.2, -0.15) is 4.31 Å². The van der Waals surface area contributed by atoms with Gasteiger partial charge < -0.3 is 18.9 Å². The Hall–Kier alpha value is -3.70. The maximum atomic E-state index is 14.0. The normalized spacial score (nSPS) is 19.6. The van der Waals surface area contributed by atoms with Crippen molar-refractivity contribution in [3.8, 4) is 5.75 Å². The molecule has 0 unspecified atom stereocenters. The molecule has 11 heteroatoms. The number of fused-ring (bicyclic) bond motifs is 16. The molecule has 0 N–H and O–H groups in total. The summed E-state index contributed by atoms with van der Waals surface area (Å²) in [6, 6.07) is 12.5. The van der Waals surface area contributed by atoms with Gasteiger partial charge in [0.1, 0.15) is 11.8 Å². The molecule has 0 spiro atoms. The van der Waals surface area contributed by atoms with Crippen molar-refractivity contribution < 1.29 is 41.7 Å². The third-order valence-electron chi connectivity index (χ3n) is 7.87. The smallest absolute Gasteiger partial charge is 0.324 e. The molecular weight excluding hydrogens is 586 g/mol. The maximum Gasteiger partial charge on any atom is 0.324 e. The number of benzene rings is 2. The van der Waals surface area contributed by atoms with Crippen molar-refractivity contribution in [2.75, 3.05) is 34.5 Å². The van der Waals surface area contributed by atoms with E-state index < -0.39 is 39.4 Å². The summed E-state index contributed by atoms with van der Waals surface area (Å²) >= 11 is 0. The summed E-state index contributed by atoms with van der Waals surface area (Å²) in [5.41, 5.74) is 0.105. The van der Waals surface area contributed by atoms with Crippen LogP contribution in [0.1, 0.15) is 56.1 Å². The lowest BCUT2D eigenvalue weighted by molar-refractivity contribution is -0.169. The van der Waals surface area contributed by atoms with E-state index in [0.29, 0.717) is 18.8 Å². The molecule has 0 saturated carbocycles. The summed E-state index contributed by atoms with van der Waals surface area (Å²) in [4.78, 5) is 39.1. The van der Waals surface area contributed by atoms with Gasteiger partial charge in [-0.1, -0.05) is 61.2 Å². The Morgan fingerprint density at radius 2 is 1.48 bits per heavy atom. The summed E-state index contributed by atoms with van der Waals surface area (Å²) in [5, 5.41) is 0. The number of methoxy groups -OCH3 is 3. The average Bonchev–Trinajstić information content (AvgIpc) is 3.03. The second kappa shape index (κ2) is 16.4. The van der Waals surface area contributed by atoms with E-state index in [1.165, 1.54) is 33.5 Å². The molecule has 1 atom stereocenters. The lowest BCUT2D eigenvalue weighted by Gasteiger charge is -2.29. The first-order valence-corrected chi connectivity index (χ1v) is 16.2. The minimum Gasteiger partial charge on any atom is -0.494 e. The van der Waals surface area contributed by atoms with Crippen LogP contribution in [0.2, 0.25) is 0 Å². The van der Waals surface area contributed by atoms with E-state index in [2.05, 4.69) is 0 Å². The summed E-state index contributed by atoms with van der Waals surface area (Å²) in [6.07, 6.45) is 6.90. The minimum absolute atomic E-state index is 0.0203. The Labute approximate surface area is 260 Å². The number of ether oxygens (including phenoxy) is 4. The van der Waals surface area contributed by atoms with E-state index in [4.69, 9.17) is 18.9 Å². The predicted molar refractivity (Wildman–Crippen MR) is 164 cm³/mol. The monoisotopic (exact) mass is 629 g/mol. The molecule has 2 aliphatic rings. The molecule has 0 radical (unpaired) electrons. The van der Waals surface area contributed by atoms with Crippen LogP contribution in [-0.4, -0.2) is 71.2 Å². The van der Waals surface area contributed by atoms with Crippen LogP contribution in [0.3, 0.4) is 0 Å². The number of allylic oxidation sites excluding steroid dienone is 1. The number of sulfonamides is 1. The second-order valence-corrected chi connectivity index (χ2v) is 12.7. The molecule has 0 saturated heterocycles. The fourth-order valence-electron chi connectivity index (χ4n) is 5.30. The highest BCUT2D eigenvalue weighted by Gasteiger charge is 2.47. The van der Waals surface area contributed by atoms with Crippen LogP contribution >= 0.6 is 0 Å². The fourth-order valence-corrected chi connectivity index (χ4v) is 6.89. The molecule has 10 nitrogen and oxygen atoms in total. The maximum absolute atomic E-state index is 14.0. The number of aryl methyl sites for hydroxylation is 1. The number of hydrogen-bond donors (Lipinski definition) is 0. The summed E-state index contributed by atoms with van der Waals surface area (Å²) < 4.78 is 50.2. The van der Waals surface area contributed by atoms with Gasteiger partial charge in [0.05, 0.1) is 32.8 Å². The second-order valence-electron chi connectivity index (χ2n) is 10.9. The summed E-state index contributed by atoms with van der Waals surface area (Å²) in [6.45, 7) is 2.28. The topological polar surface area (TPSA) is 126 Å². The Balaban J connectivity index is 2.03. The van der Waals surface area contributed by atoms with E-state index in [-0.39, 0.29) is 37.1 Å². The van der Waals surface area contributed by atoms with Crippen molar-refractivity contribution in [2.24, 2.45) is 5.41 Å². The van der Waals surface area contributed by atoms with E-state index >= 15 is 0 Å². The van der Waals surface area contributed by atoms with Crippen LogP contribution in [0, 0.1) is 12.3 Å². The van der Waals surface area contributed by atoms with E-state index in [1.54, 1.807) is 36.4 Å². The summed E-state index contributed by atoms with van der Waals surface area (Å²) in [5.74, 6) is -1.40. The number of esters is 3. The Bertz CT molecular complexity index is 1370. The van der Waals surface area contributed by atoms with Gasteiger partial charge in [-0.3, -0.25) is 14.4 Å². The lowest BCUT2D eigenvalue weighted by atomic mass is 9.79. The Morgan fingerprint density at radius 1 is 0.841 bits per heavy atom. The molecule has 4 rings (SSSR count). The molecule has 0 aliphatic carbocycles. The standard InChI is InChI=1S/C33H43NO9S/c1-25-12-18-28(19-13-25)44(38,39)34-22-10-7-9-21-33(31(36)41-3,32(37)42-4)20-8-5-6-11-23-43-27-16-14-26(15-17-27)24-29(34)30(35)40-2/h7,9,12-19,29H,5-6,8,10-11,20-24H2,1-4H3/b9-7-/t29-/m0/s1. The molecule has 2 heterocycles. The molecule has 2 aromatic rings. The van der Waals surface area contributed by atoms with Crippen molar-refractivity contribution in [1.29, 1.82) is 0 Å². The largest absolute Gasteiger partial charge is 0.494 e. The highest BCUT2D eigenvalue weighted by atomic mass is 32.2. The number of carbonyl (C=O) groups is 3. The van der Waals surface area contributed by atoms with Crippen LogP contribution in [0.4, 0.5) is 0 Å². The van der Waals surface area contributed by atoms with Crippen LogP contribution in [-0.2, 0) is 45.0 Å². The predicted octanol–water partition coefficient (Wildman–Crippen LogP) is 4.78. The molecule has 2 aliphatic heterocycles. The fraction of sp³-hybridized carbons (Fsp3) is 0.485. The zero-order valence-electron chi connectivity index (χ0n) is 26.0. The molecule has 0 aromatic heterocycles. The number of carbonyl (C=O) groups excluding carboxylic acids is 3. The molecule has 2 bridgehead atoms. The Morgan fingerprint density at radius 3 is 2.09 bits per heavy atom. The van der Waals surface area contributed by atoms with Gasteiger partial charge in [-0.15, -0.1) is 0 Å². The number of hydrogen-bond acceptors (Lipinski definition) is 9. The highest BCUT2D eigenvalue weighted by Crippen LogP contribution is 2.34. The average molecular weight is 630 g/mol. The van der Waals surface area contributed by atoms with Crippen molar-refractivity contribution >= 4 is 27.9 Å². The van der Waals surface area contributed by atoms with E-state index in [0.717, 1.165) is 34.7 Å². The molecule has 44 heavy (non-hydrogen) atoms.